The Morgan fingerprint density at radius 1 is 1.32 bits per heavy atom. The number of allylic oxidation sites excluding steroid dienone is 3. The normalized spacial score (nSPS) is 28.3. The average molecular weight is 268 g/mol. The number of rotatable bonds is 4. The van der Waals surface area contributed by atoms with Crippen molar-refractivity contribution < 1.29 is 20.4 Å². The monoisotopic (exact) mass is 268 g/mol. The predicted octanol–water partition coefficient (Wildman–Crippen LogP) is 0.922. The fraction of sp³-hybridized carbons (Fsp3) is 0.600. The second-order valence-corrected chi connectivity index (χ2v) is 5.55. The van der Waals surface area contributed by atoms with Gasteiger partial charge in [0.25, 0.3) is 0 Å². The molecule has 0 saturated carbocycles. The average Bonchev–Trinajstić information content (AvgIpc) is 2.32. The molecule has 0 aromatic carbocycles. The first kappa shape index (κ1) is 16.1. The van der Waals surface area contributed by atoms with E-state index in [0.29, 0.717) is 5.57 Å². The van der Waals surface area contributed by atoms with Crippen LogP contribution in [0.1, 0.15) is 27.2 Å². The molecule has 0 aromatic heterocycles. The summed E-state index contributed by atoms with van der Waals surface area (Å²) in [6.07, 6.45) is 4.06. The van der Waals surface area contributed by atoms with E-state index >= 15 is 0 Å². The van der Waals surface area contributed by atoms with Crippen molar-refractivity contribution in [1.82, 2.24) is 0 Å². The van der Waals surface area contributed by atoms with Crippen molar-refractivity contribution in [2.24, 2.45) is 5.41 Å². The van der Waals surface area contributed by atoms with Gasteiger partial charge in [-0.1, -0.05) is 37.6 Å². The number of hydrogen-bond donors (Lipinski definition) is 4. The van der Waals surface area contributed by atoms with Gasteiger partial charge < -0.3 is 20.4 Å². The fourth-order valence-corrected chi connectivity index (χ4v) is 2.36. The fourth-order valence-electron chi connectivity index (χ4n) is 2.36. The molecular weight excluding hydrogens is 244 g/mol. The van der Waals surface area contributed by atoms with E-state index in [4.69, 9.17) is 5.11 Å². The summed E-state index contributed by atoms with van der Waals surface area (Å²) in [7, 11) is 0. The maximum atomic E-state index is 10.1. The van der Waals surface area contributed by atoms with E-state index in [0.717, 1.165) is 11.1 Å². The first-order valence-corrected chi connectivity index (χ1v) is 6.50. The van der Waals surface area contributed by atoms with Gasteiger partial charge in [-0.25, -0.2) is 0 Å². The van der Waals surface area contributed by atoms with Crippen LogP contribution in [0.25, 0.3) is 0 Å². The highest BCUT2D eigenvalue weighted by atomic mass is 16.3. The Morgan fingerprint density at radius 3 is 2.47 bits per heavy atom. The lowest BCUT2D eigenvalue weighted by atomic mass is 9.69. The lowest BCUT2D eigenvalue weighted by molar-refractivity contribution is 0.0138. The molecule has 0 aliphatic heterocycles. The maximum absolute atomic E-state index is 10.1. The summed E-state index contributed by atoms with van der Waals surface area (Å²) in [6, 6.07) is 0. The molecule has 0 saturated heterocycles. The van der Waals surface area contributed by atoms with Gasteiger partial charge in [0.1, 0.15) is 0 Å². The third-order valence-corrected chi connectivity index (χ3v) is 3.82. The molecule has 0 spiro atoms. The Balaban J connectivity index is 3.18. The maximum Gasteiger partial charge on any atom is 0.0803 e. The Hall–Kier alpha value is -0.940. The molecule has 4 nitrogen and oxygen atoms in total. The zero-order valence-corrected chi connectivity index (χ0v) is 11.8. The van der Waals surface area contributed by atoms with E-state index in [-0.39, 0.29) is 19.6 Å². The summed E-state index contributed by atoms with van der Waals surface area (Å²) < 4.78 is 0. The lowest BCUT2D eigenvalue weighted by Gasteiger charge is -2.40. The van der Waals surface area contributed by atoms with Gasteiger partial charge in [-0.2, -0.15) is 0 Å². The van der Waals surface area contributed by atoms with Crippen molar-refractivity contribution in [3.63, 3.8) is 0 Å². The molecule has 1 aliphatic carbocycles. The molecule has 0 bridgehead atoms. The minimum atomic E-state index is -0.810. The third kappa shape index (κ3) is 3.54. The number of aliphatic hydroxyl groups excluding tert-OH is 4. The van der Waals surface area contributed by atoms with E-state index in [1.807, 2.05) is 26.8 Å². The summed E-state index contributed by atoms with van der Waals surface area (Å²) in [5, 5.41) is 38.3. The molecular formula is C15H24O4. The zero-order chi connectivity index (χ0) is 14.6. The van der Waals surface area contributed by atoms with Crippen LogP contribution in [-0.2, 0) is 0 Å². The third-order valence-electron chi connectivity index (χ3n) is 3.82. The van der Waals surface area contributed by atoms with Crippen molar-refractivity contribution in [2.75, 3.05) is 13.2 Å². The molecule has 0 radical (unpaired) electrons. The second-order valence-electron chi connectivity index (χ2n) is 5.55. The highest BCUT2D eigenvalue weighted by Crippen LogP contribution is 2.41. The van der Waals surface area contributed by atoms with E-state index in [1.165, 1.54) is 0 Å². The summed E-state index contributed by atoms with van der Waals surface area (Å²) in [5.74, 6) is 0. The lowest BCUT2D eigenvalue weighted by Crippen LogP contribution is -2.41. The molecule has 4 heteroatoms. The van der Waals surface area contributed by atoms with Gasteiger partial charge in [0.15, 0.2) is 0 Å². The Bertz CT molecular complexity index is 404. The van der Waals surface area contributed by atoms with Gasteiger partial charge in [-0.05, 0) is 18.1 Å². The smallest absolute Gasteiger partial charge is 0.0803 e. The van der Waals surface area contributed by atoms with Crippen LogP contribution in [0.5, 0.6) is 0 Å². The molecule has 0 amide bonds. The Kier molecular flexibility index (Phi) is 5.50. The van der Waals surface area contributed by atoms with Crippen LogP contribution in [0.15, 0.2) is 34.9 Å². The van der Waals surface area contributed by atoms with Crippen molar-refractivity contribution in [3.05, 3.63) is 34.9 Å². The standard InChI is InChI=1S/C15H24O4/c1-10(6-7-16)4-5-12-11(9-17)13(18)8-14(19)15(12,2)3/h4-6,13-14,16-19H,7-9H2,1-3H3. The first-order valence-electron chi connectivity index (χ1n) is 6.50. The Labute approximate surface area is 114 Å². The number of aliphatic hydroxyl groups is 4. The van der Waals surface area contributed by atoms with Crippen LogP contribution in [-0.4, -0.2) is 45.8 Å². The van der Waals surface area contributed by atoms with Gasteiger partial charge in [0, 0.05) is 11.8 Å². The minimum Gasteiger partial charge on any atom is -0.392 e. The minimum absolute atomic E-state index is 0.0310. The summed E-state index contributed by atoms with van der Waals surface area (Å²) in [5.41, 5.74) is 1.68. The zero-order valence-electron chi connectivity index (χ0n) is 11.8. The molecule has 1 aliphatic rings. The van der Waals surface area contributed by atoms with Crippen LogP contribution in [0.3, 0.4) is 0 Å². The quantitative estimate of drug-likeness (QED) is 0.572. The van der Waals surface area contributed by atoms with E-state index in [9.17, 15) is 15.3 Å². The Morgan fingerprint density at radius 2 is 1.95 bits per heavy atom. The van der Waals surface area contributed by atoms with Crippen molar-refractivity contribution in [1.29, 1.82) is 0 Å². The van der Waals surface area contributed by atoms with Crippen LogP contribution in [0, 0.1) is 5.41 Å². The predicted molar refractivity (Wildman–Crippen MR) is 74.5 cm³/mol. The second kappa shape index (κ2) is 6.48. The summed E-state index contributed by atoms with van der Waals surface area (Å²) >= 11 is 0. The topological polar surface area (TPSA) is 80.9 Å². The van der Waals surface area contributed by atoms with Gasteiger partial charge in [0.2, 0.25) is 0 Å². The molecule has 1 rings (SSSR count). The largest absolute Gasteiger partial charge is 0.392 e. The van der Waals surface area contributed by atoms with E-state index < -0.39 is 17.6 Å². The number of hydrogen-bond acceptors (Lipinski definition) is 4. The molecule has 2 atom stereocenters. The van der Waals surface area contributed by atoms with E-state index in [2.05, 4.69) is 0 Å². The molecule has 0 aromatic rings. The first-order chi connectivity index (χ1) is 8.84. The van der Waals surface area contributed by atoms with Crippen molar-refractivity contribution in [3.8, 4) is 0 Å². The summed E-state index contributed by atoms with van der Waals surface area (Å²) in [4.78, 5) is 0. The molecule has 2 unspecified atom stereocenters. The summed E-state index contributed by atoms with van der Waals surface area (Å²) in [6.45, 7) is 5.39. The van der Waals surface area contributed by atoms with Crippen molar-refractivity contribution >= 4 is 0 Å². The van der Waals surface area contributed by atoms with Gasteiger partial charge in [-0.3, -0.25) is 0 Å². The molecule has 0 heterocycles. The van der Waals surface area contributed by atoms with Crippen molar-refractivity contribution in [2.45, 2.75) is 39.4 Å². The van der Waals surface area contributed by atoms with Crippen LogP contribution in [0.4, 0.5) is 0 Å². The van der Waals surface area contributed by atoms with Crippen LogP contribution < -0.4 is 0 Å². The van der Waals surface area contributed by atoms with E-state index in [1.54, 1.807) is 12.2 Å². The van der Waals surface area contributed by atoms with Crippen LogP contribution in [0.2, 0.25) is 0 Å². The molecule has 19 heavy (non-hydrogen) atoms. The molecule has 108 valence electrons. The highest BCUT2D eigenvalue weighted by molar-refractivity contribution is 5.40. The van der Waals surface area contributed by atoms with Gasteiger partial charge in [-0.15, -0.1) is 0 Å². The molecule has 4 N–H and O–H groups in total. The van der Waals surface area contributed by atoms with Gasteiger partial charge >= 0.3 is 0 Å². The highest BCUT2D eigenvalue weighted by Gasteiger charge is 2.39. The van der Waals surface area contributed by atoms with Gasteiger partial charge in [0.05, 0.1) is 25.4 Å². The SMILES string of the molecule is CC(C=CC1=C(CO)C(O)CC(O)C1(C)C)=CCO. The van der Waals surface area contributed by atoms with Crippen LogP contribution >= 0.6 is 0 Å². The molecule has 0 fully saturated rings.